The Morgan fingerprint density at radius 2 is 1.89 bits per heavy atom. The van der Waals surface area contributed by atoms with Gasteiger partial charge in [0.2, 0.25) is 5.13 Å². The Labute approximate surface area is 122 Å². The Bertz CT molecular complexity index is 518. The van der Waals surface area contributed by atoms with Crippen LogP contribution in [0.4, 0.5) is 5.13 Å². The van der Waals surface area contributed by atoms with E-state index in [1.165, 1.54) is 15.6 Å². The molecule has 2 heterocycles. The second kappa shape index (κ2) is 6.96. The summed E-state index contributed by atoms with van der Waals surface area (Å²) in [4.78, 5) is 5.91. The van der Waals surface area contributed by atoms with Gasteiger partial charge < -0.3 is 5.32 Å². The Morgan fingerprint density at radius 3 is 2.58 bits per heavy atom. The van der Waals surface area contributed by atoms with Crippen LogP contribution in [0.1, 0.15) is 44.3 Å². The average Bonchev–Trinajstić information content (AvgIpc) is 3.03. The van der Waals surface area contributed by atoms with E-state index in [1.54, 1.807) is 22.7 Å². The van der Waals surface area contributed by atoms with E-state index < -0.39 is 0 Å². The van der Waals surface area contributed by atoms with Crippen molar-refractivity contribution in [1.82, 2.24) is 15.2 Å². The van der Waals surface area contributed by atoms with Gasteiger partial charge in [0.05, 0.1) is 15.6 Å². The van der Waals surface area contributed by atoms with Crippen molar-refractivity contribution in [2.75, 3.05) is 11.9 Å². The summed E-state index contributed by atoms with van der Waals surface area (Å²) in [7, 11) is 0. The minimum atomic E-state index is 0.908. The van der Waals surface area contributed by atoms with Crippen molar-refractivity contribution in [3.8, 4) is 9.88 Å². The molecule has 1 N–H and O–H groups in total. The van der Waals surface area contributed by atoms with Crippen LogP contribution in [0.25, 0.3) is 9.88 Å². The van der Waals surface area contributed by atoms with Crippen molar-refractivity contribution in [1.29, 1.82) is 0 Å². The van der Waals surface area contributed by atoms with Crippen molar-refractivity contribution in [3.63, 3.8) is 0 Å². The molecule has 0 aliphatic rings. The standard InChI is InChI=1S/C13H20N4S2/c1-4-7-9-11(18-10(6-3)15-9)12-16-17-13(19-12)14-8-5-2/h4-8H2,1-3H3,(H,14,17). The molecule has 0 unspecified atom stereocenters. The topological polar surface area (TPSA) is 50.7 Å². The number of hydrogen-bond donors (Lipinski definition) is 1. The lowest BCUT2D eigenvalue weighted by Crippen LogP contribution is -1.98. The van der Waals surface area contributed by atoms with Crippen LogP contribution < -0.4 is 5.32 Å². The molecular formula is C13H20N4S2. The Morgan fingerprint density at radius 1 is 1.05 bits per heavy atom. The number of aryl methyl sites for hydroxylation is 2. The quantitative estimate of drug-likeness (QED) is 0.839. The molecule has 0 saturated carbocycles. The van der Waals surface area contributed by atoms with E-state index in [9.17, 15) is 0 Å². The lowest BCUT2D eigenvalue weighted by molar-refractivity contribution is 0.881. The van der Waals surface area contributed by atoms with Crippen molar-refractivity contribution in [3.05, 3.63) is 10.7 Å². The van der Waals surface area contributed by atoms with Gasteiger partial charge in [-0.25, -0.2) is 4.98 Å². The fourth-order valence-electron chi connectivity index (χ4n) is 1.74. The number of anilines is 1. The molecule has 0 spiro atoms. The van der Waals surface area contributed by atoms with Crippen LogP contribution in [0.3, 0.4) is 0 Å². The van der Waals surface area contributed by atoms with Gasteiger partial charge in [0.15, 0.2) is 5.01 Å². The Balaban J connectivity index is 2.24. The maximum Gasteiger partial charge on any atom is 0.206 e. The molecule has 19 heavy (non-hydrogen) atoms. The van der Waals surface area contributed by atoms with Crippen LogP contribution in [-0.2, 0) is 12.8 Å². The number of nitrogens with zero attached hydrogens (tertiary/aromatic N) is 3. The maximum atomic E-state index is 4.70. The molecule has 0 bridgehead atoms. The Hall–Kier alpha value is -1.01. The molecule has 0 radical (unpaired) electrons. The second-order valence-electron chi connectivity index (χ2n) is 4.33. The number of aromatic nitrogens is 3. The highest BCUT2D eigenvalue weighted by Crippen LogP contribution is 2.34. The first-order valence-electron chi connectivity index (χ1n) is 6.84. The molecule has 4 nitrogen and oxygen atoms in total. The van der Waals surface area contributed by atoms with Crippen molar-refractivity contribution in [2.45, 2.75) is 46.5 Å². The average molecular weight is 296 g/mol. The summed E-state index contributed by atoms with van der Waals surface area (Å²) in [6.07, 6.45) is 4.21. The third kappa shape index (κ3) is 3.51. The number of nitrogens with one attached hydrogen (secondary N) is 1. The number of thiazole rings is 1. The van der Waals surface area contributed by atoms with Crippen LogP contribution >= 0.6 is 22.7 Å². The lowest BCUT2D eigenvalue weighted by Gasteiger charge is -1.96. The summed E-state index contributed by atoms with van der Waals surface area (Å²) in [6.45, 7) is 7.42. The number of rotatable bonds is 7. The van der Waals surface area contributed by atoms with Gasteiger partial charge >= 0.3 is 0 Å². The van der Waals surface area contributed by atoms with Crippen LogP contribution in [0.15, 0.2) is 0 Å². The molecule has 0 atom stereocenters. The zero-order chi connectivity index (χ0) is 13.7. The molecule has 2 aromatic heterocycles. The van der Waals surface area contributed by atoms with Crippen LogP contribution in [0.2, 0.25) is 0 Å². The minimum Gasteiger partial charge on any atom is -0.360 e. The van der Waals surface area contributed by atoms with E-state index in [2.05, 4.69) is 36.3 Å². The van der Waals surface area contributed by atoms with E-state index in [0.717, 1.165) is 42.4 Å². The third-order valence-electron chi connectivity index (χ3n) is 2.68. The highest BCUT2D eigenvalue weighted by atomic mass is 32.1. The number of hydrogen-bond acceptors (Lipinski definition) is 6. The first-order chi connectivity index (χ1) is 9.28. The molecule has 104 valence electrons. The second-order valence-corrected chi connectivity index (χ2v) is 6.39. The van der Waals surface area contributed by atoms with E-state index in [1.807, 2.05) is 0 Å². The molecule has 0 aromatic carbocycles. The predicted octanol–water partition coefficient (Wildman–Crippen LogP) is 4.00. The monoisotopic (exact) mass is 296 g/mol. The zero-order valence-electron chi connectivity index (χ0n) is 11.7. The Kier molecular flexibility index (Phi) is 5.27. The predicted molar refractivity (Wildman–Crippen MR) is 83.2 cm³/mol. The summed E-state index contributed by atoms with van der Waals surface area (Å²) in [6, 6.07) is 0. The van der Waals surface area contributed by atoms with Crippen molar-refractivity contribution < 1.29 is 0 Å². The normalized spacial score (nSPS) is 10.9. The first kappa shape index (κ1) is 14.4. The summed E-state index contributed by atoms with van der Waals surface area (Å²) in [5.74, 6) is 0. The van der Waals surface area contributed by atoms with E-state index in [4.69, 9.17) is 4.98 Å². The highest BCUT2D eigenvalue weighted by Gasteiger charge is 2.15. The first-order valence-corrected chi connectivity index (χ1v) is 8.48. The highest BCUT2D eigenvalue weighted by molar-refractivity contribution is 7.23. The van der Waals surface area contributed by atoms with Crippen LogP contribution in [-0.4, -0.2) is 21.7 Å². The lowest BCUT2D eigenvalue weighted by atomic mass is 10.2. The minimum absolute atomic E-state index is 0.908. The largest absolute Gasteiger partial charge is 0.360 e. The van der Waals surface area contributed by atoms with Crippen molar-refractivity contribution >= 4 is 27.8 Å². The van der Waals surface area contributed by atoms with Crippen molar-refractivity contribution in [2.24, 2.45) is 0 Å². The van der Waals surface area contributed by atoms with Gasteiger partial charge in [-0.3, -0.25) is 0 Å². The van der Waals surface area contributed by atoms with Gasteiger partial charge in [0, 0.05) is 6.54 Å². The molecule has 0 fully saturated rings. The summed E-state index contributed by atoms with van der Waals surface area (Å²) in [5, 5.41) is 14.9. The van der Waals surface area contributed by atoms with Gasteiger partial charge in [-0.05, 0) is 19.3 Å². The zero-order valence-corrected chi connectivity index (χ0v) is 13.3. The fourth-order valence-corrected chi connectivity index (χ4v) is 3.65. The summed E-state index contributed by atoms with van der Waals surface area (Å²) < 4.78 is 0. The van der Waals surface area contributed by atoms with Gasteiger partial charge in [-0.1, -0.05) is 38.5 Å². The fraction of sp³-hybridized carbons (Fsp3) is 0.615. The van der Waals surface area contributed by atoms with E-state index in [0.29, 0.717) is 0 Å². The van der Waals surface area contributed by atoms with Gasteiger partial charge in [-0.2, -0.15) is 0 Å². The third-order valence-corrected chi connectivity index (χ3v) is 4.95. The smallest absolute Gasteiger partial charge is 0.206 e. The maximum absolute atomic E-state index is 4.70. The molecule has 6 heteroatoms. The summed E-state index contributed by atoms with van der Waals surface area (Å²) in [5.41, 5.74) is 1.18. The molecule has 0 aliphatic heterocycles. The molecule has 0 aliphatic carbocycles. The molecule has 2 aromatic rings. The van der Waals surface area contributed by atoms with Crippen LogP contribution in [0.5, 0.6) is 0 Å². The molecule has 2 rings (SSSR count). The summed E-state index contributed by atoms with van der Waals surface area (Å²) >= 11 is 3.39. The molecule has 0 amide bonds. The van der Waals surface area contributed by atoms with Crippen LogP contribution in [0, 0.1) is 0 Å². The van der Waals surface area contributed by atoms with Gasteiger partial charge in [0.1, 0.15) is 0 Å². The SMILES string of the molecule is CCCNc1nnc(-c2sc(CC)nc2CCC)s1. The molecular weight excluding hydrogens is 276 g/mol. The van der Waals surface area contributed by atoms with E-state index >= 15 is 0 Å². The van der Waals surface area contributed by atoms with E-state index in [-0.39, 0.29) is 0 Å². The molecule has 0 saturated heterocycles. The van der Waals surface area contributed by atoms with Gasteiger partial charge in [0.25, 0.3) is 0 Å². The van der Waals surface area contributed by atoms with Gasteiger partial charge in [-0.15, -0.1) is 21.5 Å².